The zero-order valence-corrected chi connectivity index (χ0v) is 14.3. The second kappa shape index (κ2) is 7.73. The molecule has 3 nitrogen and oxygen atoms in total. The number of nitrogens with one attached hydrogen (secondary N) is 1. The molecule has 0 saturated carbocycles. The van der Waals surface area contributed by atoms with Gasteiger partial charge in [-0.1, -0.05) is 11.6 Å². The van der Waals surface area contributed by atoms with Crippen LogP contribution < -0.4 is 10.1 Å². The summed E-state index contributed by atoms with van der Waals surface area (Å²) in [5, 5.41) is 14.7. The number of ether oxygens (including phenoxy) is 1. The number of benzene rings is 1. The van der Waals surface area contributed by atoms with Crippen molar-refractivity contribution < 1.29 is 9.84 Å². The summed E-state index contributed by atoms with van der Waals surface area (Å²) in [5.41, 5.74) is 0.460. The summed E-state index contributed by atoms with van der Waals surface area (Å²) in [6.07, 6.45) is 1.70. The molecule has 1 atom stereocenters. The van der Waals surface area contributed by atoms with Crippen LogP contribution in [0.3, 0.4) is 0 Å². The Morgan fingerprint density at radius 3 is 2.81 bits per heavy atom. The molecule has 118 valence electrons. The molecule has 0 bridgehead atoms. The molecule has 0 radical (unpaired) electrons. The lowest BCUT2D eigenvalue weighted by Gasteiger charge is -2.33. The molecule has 1 fully saturated rings. The van der Waals surface area contributed by atoms with Crippen molar-refractivity contribution in [1.29, 1.82) is 0 Å². The van der Waals surface area contributed by atoms with Crippen LogP contribution in [0.15, 0.2) is 18.2 Å². The Balaban J connectivity index is 2.02. The Labute approximate surface area is 136 Å². The fraction of sp³-hybridized carbons (Fsp3) is 0.625. The lowest BCUT2D eigenvalue weighted by atomic mass is 9.96. The quantitative estimate of drug-likeness (QED) is 0.836. The fourth-order valence-corrected chi connectivity index (χ4v) is 3.96. The van der Waals surface area contributed by atoms with E-state index in [1.807, 2.05) is 36.9 Å². The Morgan fingerprint density at radius 1 is 1.43 bits per heavy atom. The van der Waals surface area contributed by atoms with Gasteiger partial charge in [0.2, 0.25) is 0 Å². The standard InChI is InChI=1S/C16H24ClNO2S/c1-3-20-15-5-4-13(17)10-14(15)12(2)18-11-16(19)6-8-21-9-7-16/h4-5,10,12,18-19H,3,6-9,11H2,1-2H3. The summed E-state index contributed by atoms with van der Waals surface area (Å²) in [5.74, 6) is 2.93. The van der Waals surface area contributed by atoms with Crippen LogP contribution in [0.4, 0.5) is 0 Å². The average molecular weight is 330 g/mol. The molecule has 0 spiro atoms. The van der Waals surface area contributed by atoms with E-state index in [1.54, 1.807) is 0 Å². The summed E-state index contributed by atoms with van der Waals surface area (Å²) in [6.45, 7) is 5.28. The molecule has 2 N–H and O–H groups in total. The van der Waals surface area contributed by atoms with Crippen LogP contribution in [0.25, 0.3) is 0 Å². The van der Waals surface area contributed by atoms with E-state index in [2.05, 4.69) is 12.2 Å². The first-order chi connectivity index (χ1) is 10.0. The highest BCUT2D eigenvalue weighted by Crippen LogP contribution is 2.30. The number of hydrogen-bond donors (Lipinski definition) is 2. The van der Waals surface area contributed by atoms with E-state index >= 15 is 0 Å². The molecule has 1 aliphatic rings. The molecule has 2 rings (SSSR count). The minimum Gasteiger partial charge on any atom is -0.494 e. The van der Waals surface area contributed by atoms with E-state index in [1.165, 1.54) is 0 Å². The predicted molar refractivity (Wildman–Crippen MR) is 90.5 cm³/mol. The third-order valence-corrected chi connectivity index (χ3v) is 5.12. The first-order valence-corrected chi connectivity index (χ1v) is 9.03. The van der Waals surface area contributed by atoms with E-state index in [0.29, 0.717) is 18.2 Å². The summed E-state index contributed by atoms with van der Waals surface area (Å²) in [6, 6.07) is 5.77. The van der Waals surface area contributed by atoms with Crippen LogP contribution in [0.5, 0.6) is 5.75 Å². The van der Waals surface area contributed by atoms with Gasteiger partial charge in [0.05, 0.1) is 12.2 Å². The number of thioether (sulfide) groups is 1. The van der Waals surface area contributed by atoms with Gasteiger partial charge in [-0.05, 0) is 56.4 Å². The zero-order chi connectivity index (χ0) is 15.3. The SMILES string of the molecule is CCOc1ccc(Cl)cc1C(C)NCC1(O)CCSCC1. The predicted octanol–water partition coefficient (Wildman–Crippen LogP) is 3.65. The maximum Gasteiger partial charge on any atom is 0.124 e. The van der Waals surface area contributed by atoms with Crippen molar-refractivity contribution in [1.82, 2.24) is 5.32 Å². The van der Waals surface area contributed by atoms with Crippen molar-refractivity contribution in [2.75, 3.05) is 24.7 Å². The smallest absolute Gasteiger partial charge is 0.124 e. The van der Waals surface area contributed by atoms with Gasteiger partial charge in [-0.15, -0.1) is 0 Å². The highest BCUT2D eigenvalue weighted by Gasteiger charge is 2.29. The highest BCUT2D eigenvalue weighted by atomic mass is 35.5. The van der Waals surface area contributed by atoms with E-state index < -0.39 is 5.60 Å². The largest absolute Gasteiger partial charge is 0.494 e. The van der Waals surface area contributed by atoms with E-state index in [0.717, 1.165) is 35.7 Å². The molecule has 0 aliphatic carbocycles. The molecule has 5 heteroatoms. The third-order valence-electron chi connectivity index (χ3n) is 3.90. The van der Waals surface area contributed by atoms with Gasteiger partial charge in [-0.2, -0.15) is 11.8 Å². The van der Waals surface area contributed by atoms with Gasteiger partial charge in [0.25, 0.3) is 0 Å². The first-order valence-electron chi connectivity index (χ1n) is 7.50. The monoisotopic (exact) mass is 329 g/mol. The van der Waals surface area contributed by atoms with Crippen LogP contribution in [0.2, 0.25) is 5.02 Å². The fourth-order valence-electron chi connectivity index (χ4n) is 2.53. The number of rotatable bonds is 6. The summed E-state index contributed by atoms with van der Waals surface area (Å²) < 4.78 is 5.67. The van der Waals surface area contributed by atoms with Crippen molar-refractivity contribution in [2.45, 2.75) is 38.3 Å². The molecule has 0 amide bonds. The summed E-state index contributed by atoms with van der Waals surface area (Å²) in [7, 11) is 0. The van der Waals surface area contributed by atoms with Gasteiger partial charge < -0.3 is 15.2 Å². The second-order valence-electron chi connectivity index (χ2n) is 5.55. The molecular weight excluding hydrogens is 306 g/mol. The van der Waals surface area contributed by atoms with Crippen LogP contribution >= 0.6 is 23.4 Å². The van der Waals surface area contributed by atoms with Crippen LogP contribution in [0, 0.1) is 0 Å². The Hall–Kier alpha value is -0.420. The Morgan fingerprint density at radius 2 is 2.14 bits per heavy atom. The normalized spacial score (nSPS) is 19.2. The van der Waals surface area contributed by atoms with Gasteiger partial charge >= 0.3 is 0 Å². The van der Waals surface area contributed by atoms with Crippen LogP contribution in [0.1, 0.15) is 38.3 Å². The minimum absolute atomic E-state index is 0.0869. The first kappa shape index (κ1) is 16.9. The highest BCUT2D eigenvalue weighted by molar-refractivity contribution is 7.99. The number of halogens is 1. The molecule has 1 aliphatic heterocycles. The van der Waals surface area contributed by atoms with E-state index in [-0.39, 0.29) is 6.04 Å². The number of hydrogen-bond acceptors (Lipinski definition) is 4. The zero-order valence-electron chi connectivity index (χ0n) is 12.7. The maximum absolute atomic E-state index is 10.6. The molecular formula is C16H24ClNO2S. The molecule has 1 saturated heterocycles. The molecule has 1 aromatic carbocycles. The van der Waals surface area contributed by atoms with Crippen LogP contribution in [-0.4, -0.2) is 35.4 Å². The third kappa shape index (κ3) is 4.78. The molecule has 0 aromatic heterocycles. The van der Waals surface area contributed by atoms with Crippen molar-refractivity contribution in [3.05, 3.63) is 28.8 Å². The van der Waals surface area contributed by atoms with Gasteiger partial charge in [-0.25, -0.2) is 0 Å². The van der Waals surface area contributed by atoms with Crippen LogP contribution in [-0.2, 0) is 0 Å². The van der Waals surface area contributed by atoms with E-state index in [4.69, 9.17) is 16.3 Å². The average Bonchev–Trinajstić information content (AvgIpc) is 2.48. The van der Waals surface area contributed by atoms with E-state index in [9.17, 15) is 5.11 Å². The molecule has 21 heavy (non-hydrogen) atoms. The van der Waals surface area contributed by atoms with Crippen molar-refractivity contribution in [3.63, 3.8) is 0 Å². The maximum atomic E-state index is 10.6. The summed E-state index contributed by atoms with van der Waals surface area (Å²) >= 11 is 8.02. The van der Waals surface area contributed by atoms with Gasteiger partial charge in [0.15, 0.2) is 0 Å². The van der Waals surface area contributed by atoms with Gasteiger partial charge in [0.1, 0.15) is 5.75 Å². The Bertz CT molecular complexity index is 464. The lowest BCUT2D eigenvalue weighted by molar-refractivity contribution is 0.0299. The molecule has 1 aromatic rings. The second-order valence-corrected chi connectivity index (χ2v) is 7.22. The topological polar surface area (TPSA) is 41.5 Å². The molecule has 1 heterocycles. The summed E-state index contributed by atoms with van der Waals surface area (Å²) in [4.78, 5) is 0. The molecule has 1 unspecified atom stereocenters. The lowest BCUT2D eigenvalue weighted by Crippen LogP contribution is -2.44. The van der Waals surface area contributed by atoms with Gasteiger partial charge in [0, 0.05) is 23.2 Å². The van der Waals surface area contributed by atoms with Crippen molar-refractivity contribution in [3.8, 4) is 5.75 Å². The van der Waals surface area contributed by atoms with Crippen molar-refractivity contribution >= 4 is 23.4 Å². The van der Waals surface area contributed by atoms with Crippen molar-refractivity contribution in [2.24, 2.45) is 0 Å². The Kier molecular flexibility index (Phi) is 6.23. The number of aliphatic hydroxyl groups is 1. The van der Waals surface area contributed by atoms with Gasteiger partial charge in [-0.3, -0.25) is 0 Å². The minimum atomic E-state index is -0.580.